The Morgan fingerprint density at radius 2 is 2.21 bits per heavy atom. The average Bonchev–Trinajstić information content (AvgIpc) is 3.08. The van der Waals surface area contributed by atoms with Crippen LogP contribution in [0.25, 0.3) is 11.3 Å². The molecule has 0 amide bonds. The van der Waals surface area contributed by atoms with E-state index in [0.717, 1.165) is 41.2 Å². The van der Waals surface area contributed by atoms with E-state index in [4.69, 9.17) is 10.5 Å². The molecule has 1 aliphatic carbocycles. The number of nitrogens with one attached hydrogen (secondary N) is 1. The van der Waals surface area contributed by atoms with Gasteiger partial charge in [0, 0.05) is 17.5 Å². The van der Waals surface area contributed by atoms with Crippen molar-refractivity contribution in [2.45, 2.75) is 25.2 Å². The lowest BCUT2D eigenvalue weighted by molar-refractivity contribution is 0.412. The normalized spacial score (nSPS) is 16.4. The van der Waals surface area contributed by atoms with Crippen LogP contribution in [-0.4, -0.2) is 23.6 Å². The van der Waals surface area contributed by atoms with Crippen LogP contribution in [-0.2, 0) is 5.41 Å². The molecule has 0 spiro atoms. The lowest BCUT2D eigenvalue weighted by Crippen LogP contribution is -2.21. The Labute approximate surface area is 113 Å². The number of hydrogen-bond acceptors (Lipinski definition) is 3. The van der Waals surface area contributed by atoms with Crippen LogP contribution in [0.15, 0.2) is 24.4 Å². The van der Waals surface area contributed by atoms with Gasteiger partial charge in [0.25, 0.3) is 0 Å². The molecule has 0 radical (unpaired) electrons. The number of nitrogens with zero attached hydrogens (tertiary/aromatic N) is 1. The maximum absolute atomic E-state index is 5.83. The molecule has 19 heavy (non-hydrogen) atoms. The number of benzene rings is 1. The van der Waals surface area contributed by atoms with Crippen LogP contribution in [0.2, 0.25) is 0 Å². The lowest BCUT2D eigenvalue weighted by atomic mass is 10.1. The molecule has 1 aromatic carbocycles. The molecule has 3 N–H and O–H groups in total. The maximum atomic E-state index is 5.83. The van der Waals surface area contributed by atoms with Crippen molar-refractivity contribution in [2.24, 2.45) is 5.73 Å². The number of hydrogen-bond donors (Lipinski definition) is 2. The second-order valence-corrected chi connectivity index (χ2v) is 5.31. The van der Waals surface area contributed by atoms with Crippen LogP contribution in [0.3, 0.4) is 0 Å². The van der Waals surface area contributed by atoms with Crippen molar-refractivity contribution in [3.63, 3.8) is 0 Å². The highest BCUT2D eigenvalue weighted by Gasteiger charge is 2.45. The fourth-order valence-corrected chi connectivity index (χ4v) is 2.47. The molecule has 4 heteroatoms. The number of nitrogens with two attached hydrogens (primary N) is 1. The van der Waals surface area contributed by atoms with E-state index in [0.29, 0.717) is 6.54 Å². The van der Waals surface area contributed by atoms with Crippen molar-refractivity contribution in [1.82, 2.24) is 9.97 Å². The molecule has 1 aliphatic rings. The summed E-state index contributed by atoms with van der Waals surface area (Å²) in [4.78, 5) is 7.92. The van der Waals surface area contributed by atoms with Crippen LogP contribution < -0.4 is 10.5 Å². The number of rotatable bonds is 4. The third kappa shape index (κ3) is 2.02. The number of aryl methyl sites for hydroxylation is 1. The Morgan fingerprint density at radius 1 is 1.42 bits per heavy atom. The van der Waals surface area contributed by atoms with Crippen LogP contribution >= 0.6 is 0 Å². The zero-order valence-corrected chi connectivity index (χ0v) is 11.4. The molecule has 1 saturated carbocycles. The Morgan fingerprint density at radius 3 is 2.79 bits per heavy atom. The second kappa shape index (κ2) is 4.38. The van der Waals surface area contributed by atoms with Crippen LogP contribution in [0, 0.1) is 6.92 Å². The molecule has 1 aromatic heterocycles. The highest BCUT2D eigenvalue weighted by molar-refractivity contribution is 5.61. The van der Waals surface area contributed by atoms with Crippen LogP contribution in [0.1, 0.15) is 24.2 Å². The second-order valence-electron chi connectivity index (χ2n) is 5.31. The highest BCUT2D eigenvalue weighted by atomic mass is 16.5. The fraction of sp³-hybridized carbons (Fsp3) is 0.400. The van der Waals surface area contributed by atoms with E-state index >= 15 is 0 Å². The fourth-order valence-electron chi connectivity index (χ4n) is 2.47. The van der Waals surface area contributed by atoms with Gasteiger partial charge in [-0.15, -0.1) is 0 Å². The zero-order valence-electron chi connectivity index (χ0n) is 11.4. The highest BCUT2D eigenvalue weighted by Crippen LogP contribution is 2.46. The number of methoxy groups -OCH3 is 1. The quantitative estimate of drug-likeness (QED) is 0.884. The van der Waals surface area contributed by atoms with E-state index in [1.165, 1.54) is 0 Å². The number of ether oxygens (including phenoxy) is 1. The van der Waals surface area contributed by atoms with Gasteiger partial charge in [-0.2, -0.15) is 0 Å². The van der Waals surface area contributed by atoms with E-state index in [2.05, 4.69) is 16.0 Å². The largest absolute Gasteiger partial charge is 0.496 e. The molecule has 4 nitrogen and oxygen atoms in total. The first-order valence-corrected chi connectivity index (χ1v) is 6.59. The predicted molar refractivity (Wildman–Crippen MR) is 75.3 cm³/mol. The molecular formula is C15H19N3O. The summed E-state index contributed by atoms with van der Waals surface area (Å²) in [6.45, 7) is 2.71. The average molecular weight is 257 g/mol. The summed E-state index contributed by atoms with van der Waals surface area (Å²) in [6.07, 6.45) is 4.17. The number of H-pyrrole nitrogens is 1. The van der Waals surface area contributed by atoms with E-state index in [-0.39, 0.29) is 5.41 Å². The Balaban J connectivity index is 1.93. The molecule has 0 bridgehead atoms. The maximum Gasteiger partial charge on any atom is 0.121 e. The van der Waals surface area contributed by atoms with Gasteiger partial charge in [0.15, 0.2) is 0 Å². The van der Waals surface area contributed by atoms with Crippen molar-refractivity contribution in [3.05, 3.63) is 35.8 Å². The number of aromatic nitrogens is 2. The Kier molecular flexibility index (Phi) is 2.82. The topological polar surface area (TPSA) is 63.9 Å². The first-order chi connectivity index (χ1) is 9.18. The zero-order chi connectivity index (χ0) is 13.5. The minimum absolute atomic E-state index is 0.111. The minimum atomic E-state index is 0.111. The minimum Gasteiger partial charge on any atom is -0.496 e. The van der Waals surface area contributed by atoms with Crippen LogP contribution in [0.4, 0.5) is 0 Å². The van der Waals surface area contributed by atoms with Crippen molar-refractivity contribution in [2.75, 3.05) is 13.7 Å². The van der Waals surface area contributed by atoms with Crippen LogP contribution in [0.5, 0.6) is 5.75 Å². The molecule has 0 atom stereocenters. The molecule has 0 aliphatic heterocycles. The summed E-state index contributed by atoms with van der Waals surface area (Å²) in [7, 11) is 1.69. The SMILES string of the molecule is COc1ccc(-c2cnc(C3(CN)CC3)[nH]2)cc1C. The van der Waals surface area contributed by atoms with Gasteiger partial charge in [-0.1, -0.05) is 0 Å². The van der Waals surface area contributed by atoms with E-state index in [1.807, 2.05) is 25.3 Å². The summed E-state index contributed by atoms with van der Waals surface area (Å²) in [5, 5.41) is 0. The van der Waals surface area contributed by atoms with E-state index < -0.39 is 0 Å². The molecule has 0 saturated heterocycles. The summed E-state index contributed by atoms with van der Waals surface area (Å²) in [6, 6.07) is 6.14. The lowest BCUT2D eigenvalue weighted by Gasteiger charge is -2.08. The van der Waals surface area contributed by atoms with Crippen molar-refractivity contribution in [3.8, 4) is 17.0 Å². The van der Waals surface area contributed by atoms with Crippen molar-refractivity contribution >= 4 is 0 Å². The van der Waals surface area contributed by atoms with Crippen molar-refractivity contribution < 1.29 is 4.74 Å². The first kappa shape index (κ1) is 12.2. The molecule has 1 heterocycles. The molecule has 2 aromatic rings. The molecule has 1 fully saturated rings. The van der Waals surface area contributed by atoms with Gasteiger partial charge in [0.05, 0.1) is 19.0 Å². The standard InChI is InChI=1S/C15H19N3O/c1-10-7-11(3-4-13(10)19-2)12-8-17-14(18-12)15(9-16)5-6-15/h3-4,7-8H,5-6,9,16H2,1-2H3,(H,17,18). The van der Waals surface area contributed by atoms with Gasteiger partial charge >= 0.3 is 0 Å². The van der Waals surface area contributed by atoms with Crippen molar-refractivity contribution in [1.29, 1.82) is 0 Å². The third-order valence-electron chi connectivity index (χ3n) is 4.03. The Hall–Kier alpha value is -1.81. The van der Waals surface area contributed by atoms with Gasteiger partial charge in [-0.05, 0) is 43.5 Å². The third-order valence-corrected chi connectivity index (χ3v) is 4.03. The van der Waals surface area contributed by atoms with E-state index in [1.54, 1.807) is 7.11 Å². The molecule has 100 valence electrons. The summed E-state index contributed by atoms with van der Waals surface area (Å²) in [5.74, 6) is 1.93. The summed E-state index contributed by atoms with van der Waals surface area (Å²) < 4.78 is 5.28. The molecule has 0 unspecified atom stereocenters. The Bertz CT molecular complexity index is 599. The number of aromatic amines is 1. The van der Waals surface area contributed by atoms with Gasteiger partial charge in [0.1, 0.15) is 11.6 Å². The monoisotopic (exact) mass is 257 g/mol. The molecule has 3 rings (SSSR count). The van der Waals surface area contributed by atoms with E-state index in [9.17, 15) is 0 Å². The first-order valence-electron chi connectivity index (χ1n) is 6.59. The predicted octanol–water partition coefficient (Wildman–Crippen LogP) is 2.38. The number of imidazole rings is 1. The summed E-state index contributed by atoms with van der Waals surface area (Å²) >= 11 is 0. The van der Waals surface area contributed by atoms with Gasteiger partial charge < -0.3 is 15.5 Å². The van der Waals surface area contributed by atoms with Gasteiger partial charge in [-0.25, -0.2) is 4.98 Å². The van der Waals surface area contributed by atoms with Gasteiger partial charge in [0.2, 0.25) is 0 Å². The smallest absolute Gasteiger partial charge is 0.121 e. The van der Waals surface area contributed by atoms with Gasteiger partial charge in [-0.3, -0.25) is 0 Å². The molecular weight excluding hydrogens is 238 g/mol. The summed E-state index contributed by atoms with van der Waals surface area (Å²) in [5.41, 5.74) is 9.24.